The maximum absolute atomic E-state index is 13.7. The molecule has 166 valence electrons. The highest BCUT2D eigenvalue weighted by molar-refractivity contribution is 7.89. The summed E-state index contributed by atoms with van der Waals surface area (Å²) < 4.78 is 34.9. The number of ether oxygens (including phenoxy) is 1. The highest BCUT2D eigenvalue weighted by atomic mass is 35.5. The van der Waals surface area contributed by atoms with Crippen molar-refractivity contribution in [3.8, 4) is 0 Å². The van der Waals surface area contributed by atoms with E-state index < -0.39 is 33.3 Å². The second kappa shape index (κ2) is 8.80. The third-order valence-corrected chi connectivity index (χ3v) is 7.84. The monoisotopic (exact) mass is 492 g/mol. The lowest BCUT2D eigenvalue weighted by atomic mass is 10.0. The molecule has 7 nitrogen and oxygen atoms in total. The van der Waals surface area contributed by atoms with E-state index in [0.29, 0.717) is 10.6 Å². The van der Waals surface area contributed by atoms with Crippen molar-refractivity contribution in [2.24, 2.45) is 0 Å². The molecule has 1 heterocycles. The number of benzene rings is 3. The predicted octanol–water partition coefficient (Wildman–Crippen LogP) is 5.75. The molecule has 1 aliphatic rings. The second-order valence-corrected chi connectivity index (χ2v) is 10.00. The van der Waals surface area contributed by atoms with Crippen LogP contribution in [0.4, 0.5) is 5.69 Å². The molecule has 0 aromatic heterocycles. The van der Waals surface area contributed by atoms with E-state index in [2.05, 4.69) is 0 Å². The summed E-state index contributed by atoms with van der Waals surface area (Å²) in [5, 5.41) is 11.7. The molecule has 1 aliphatic heterocycles. The normalized spacial score (nSPS) is 21.5. The van der Waals surface area contributed by atoms with Crippen molar-refractivity contribution >= 4 is 38.9 Å². The first-order valence-electron chi connectivity index (χ1n) is 9.63. The molecule has 0 spiro atoms. The lowest BCUT2D eigenvalue weighted by Gasteiger charge is -2.26. The summed E-state index contributed by atoms with van der Waals surface area (Å²) in [6.07, 6.45) is -1.57. The molecule has 3 aromatic carbocycles. The lowest BCUT2D eigenvalue weighted by molar-refractivity contribution is -0.384. The van der Waals surface area contributed by atoms with E-state index in [0.717, 1.165) is 17.7 Å². The highest BCUT2D eigenvalue weighted by Crippen LogP contribution is 2.47. The molecule has 0 N–H and O–H groups in total. The molecule has 32 heavy (non-hydrogen) atoms. The predicted molar refractivity (Wildman–Crippen MR) is 121 cm³/mol. The Kier molecular flexibility index (Phi) is 6.24. The summed E-state index contributed by atoms with van der Waals surface area (Å²) in [6, 6.07) is 18.2. The van der Waals surface area contributed by atoms with Gasteiger partial charge in [0.25, 0.3) is 5.69 Å². The first kappa shape index (κ1) is 22.7. The summed E-state index contributed by atoms with van der Waals surface area (Å²) in [7, 11) is -4.10. The smallest absolute Gasteiger partial charge is 0.269 e. The van der Waals surface area contributed by atoms with E-state index in [1.54, 1.807) is 19.1 Å². The second-order valence-electron chi connectivity index (χ2n) is 7.31. The fraction of sp³-hybridized carbons (Fsp3) is 0.182. The Morgan fingerprint density at radius 1 is 1.00 bits per heavy atom. The van der Waals surface area contributed by atoms with Crippen LogP contribution in [0.15, 0.2) is 77.7 Å². The van der Waals surface area contributed by atoms with Crippen molar-refractivity contribution in [1.82, 2.24) is 4.31 Å². The molecule has 10 heteroatoms. The third-order valence-electron chi connectivity index (χ3n) is 5.33. The Labute approximate surface area is 195 Å². The Morgan fingerprint density at radius 3 is 2.25 bits per heavy atom. The van der Waals surface area contributed by atoms with Crippen molar-refractivity contribution in [3.05, 3.63) is 104 Å². The van der Waals surface area contributed by atoms with Crippen molar-refractivity contribution in [3.63, 3.8) is 0 Å². The third kappa shape index (κ3) is 4.12. The van der Waals surface area contributed by atoms with Gasteiger partial charge in [0.2, 0.25) is 10.0 Å². The van der Waals surface area contributed by atoms with Gasteiger partial charge in [-0.25, -0.2) is 8.42 Å². The van der Waals surface area contributed by atoms with Gasteiger partial charge in [0, 0.05) is 27.7 Å². The van der Waals surface area contributed by atoms with E-state index >= 15 is 0 Å². The average Bonchev–Trinajstić information content (AvgIpc) is 3.12. The molecule has 1 fully saturated rings. The summed E-state index contributed by atoms with van der Waals surface area (Å²) in [4.78, 5) is 10.3. The zero-order valence-corrected chi connectivity index (χ0v) is 19.1. The number of hydrogen-bond acceptors (Lipinski definition) is 5. The first-order valence-corrected chi connectivity index (χ1v) is 11.8. The SMILES string of the molecule is C[C@H]1[C@H](c2ccccc2)OC(c2ccc(Cl)cc2Cl)N1S(=O)(=O)c1ccc([N+](=O)[O-])cc1. The van der Waals surface area contributed by atoms with E-state index in [9.17, 15) is 18.5 Å². The number of hydrogen-bond donors (Lipinski definition) is 0. The molecule has 0 radical (unpaired) electrons. The molecular formula is C22H18Cl2N2O5S. The quantitative estimate of drug-likeness (QED) is 0.334. The van der Waals surface area contributed by atoms with Crippen molar-refractivity contribution in [2.75, 3.05) is 0 Å². The Balaban J connectivity index is 1.82. The molecular weight excluding hydrogens is 475 g/mol. The summed E-state index contributed by atoms with van der Waals surface area (Å²) >= 11 is 12.4. The van der Waals surface area contributed by atoms with Gasteiger partial charge >= 0.3 is 0 Å². The lowest BCUT2D eigenvalue weighted by Crippen LogP contribution is -2.37. The van der Waals surface area contributed by atoms with Crippen LogP contribution < -0.4 is 0 Å². The van der Waals surface area contributed by atoms with Crippen LogP contribution in [0.5, 0.6) is 0 Å². The number of nitro groups is 1. The molecule has 0 saturated carbocycles. The van der Waals surface area contributed by atoms with E-state index in [-0.39, 0.29) is 15.6 Å². The fourth-order valence-electron chi connectivity index (χ4n) is 3.78. The van der Waals surface area contributed by atoms with E-state index in [1.165, 1.54) is 22.5 Å². The summed E-state index contributed by atoms with van der Waals surface area (Å²) in [5.41, 5.74) is 1.07. The van der Waals surface area contributed by atoms with Crippen molar-refractivity contribution < 1.29 is 18.1 Å². The van der Waals surface area contributed by atoms with Crippen LogP contribution in [0.1, 0.15) is 30.4 Å². The maximum Gasteiger partial charge on any atom is 0.269 e. The largest absolute Gasteiger partial charge is 0.348 e. The molecule has 3 aromatic rings. The van der Waals surface area contributed by atoms with Crippen LogP contribution in [0.2, 0.25) is 10.0 Å². The first-order chi connectivity index (χ1) is 15.2. The van der Waals surface area contributed by atoms with Crippen LogP contribution in [0, 0.1) is 10.1 Å². The topological polar surface area (TPSA) is 89.8 Å². The van der Waals surface area contributed by atoms with Crippen LogP contribution >= 0.6 is 23.2 Å². The zero-order chi connectivity index (χ0) is 23.0. The van der Waals surface area contributed by atoms with Gasteiger partial charge in [-0.2, -0.15) is 4.31 Å². The average molecular weight is 493 g/mol. The van der Waals surface area contributed by atoms with E-state index in [1.807, 2.05) is 30.3 Å². The Morgan fingerprint density at radius 2 is 1.66 bits per heavy atom. The molecule has 0 bridgehead atoms. The number of nitro benzene ring substituents is 1. The van der Waals surface area contributed by atoms with Crippen LogP contribution in [0.3, 0.4) is 0 Å². The van der Waals surface area contributed by atoms with Gasteiger partial charge in [-0.05, 0) is 36.8 Å². The maximum atomic E-state index is 13.7. The van der Waals surface area contributed by atoms with Gasteiger partial charge in [0.15, 0.2) is 6.23 Å². The molecule has 0 aliphatic carbocycles. The number of nitrogens with zero attached hydrogens (tertiary/aromatic N) is 2. The van der Waals surface area contributed by atoms with Crippen LogP contribution in [-0.2, 0) is 14.8 Å². The number of non-ortho nitro benzene ring substituents is 1. The molecule has 1 unspecified atom stereocenters. The van der Waals surface area contributed by atoms with Crippen molar-refractivity contribution in [1.29, 1.82) is 0 Å². The highest BCUT2D eigenvalue weighted by Gasteiger charge is 2.48. The fourth-order valence-corrected chi connectivity index (χ4v) is 5.97. The van der Waals surface area contributed by atoms with Gasteiger partial charge in [0.1, 0.15) is 6.10 Å². The van der Waals surface area contributed by atoms with Crippen LogP contribution in [-0.4, -0.2) is 23.7 Å². The molecule has 3 atom stereocenters. The Bertz CT molecular complexity index is 1250. The van der Waals surface area contributed by atoms with Crippen molar-refractivity contribution in [2.45, 2.75) is 30.2 Å². The number of rotatable bonds is 5. The molecule has 4 rings (SSSR count). The van der Waals surface area contributed by atoms with Gasteiger partial charge < -0.3 is 4.74 Å². The van der Waals surface area contributed by atoms with Gasteiger partial charge in [-0.1, -0.05) is 59.6 Å². The van der Waals surface area contributed by atoms with Crippen LogP contribution in [0.25, 0.3) is 0 Å². The standard InChI is InChI=1S/C22H18Cl2N2O5S/c1-14-21(15-5-3-2-4-6-15)31-22(19-12-7-16(23)13-20(19)24)25(14)32(29,30)18-10-8-17(9-11-18)26(27)28/h2-14,21-22H,1H3/t14-,21+,22?/m0/s1. The van der Waals surface area contributed by atoms with Gasteiger partial charge in [-0.15, -0.1) is 0 Å². The molecule has 1 saturated heterocycles. The number of sulfonamides is 1. The van der Waals surface area contributed by atoms with E-state index in [4.69, 9.17) is 27.9 Å². The van der Waals surface area contributed by atoms with Gasteiger partial charge in [-0.3, -0.25) is 10.1 Å². The zero-order valence-electron chi connectivity index (χ0n) is 16.8. The van der Waals surface area contributed by atoms with Gasteiger partial charge in [0.05, 0.1) is 15.9 Å². The number of halogens is 2. The molecule has 0 amide bonds. The minimum absolute atomic E-state index is 0.0812. The summed E-state index contributed by atoms with van der Waals surface area (Å²) in [5.74, 6) is 0. The summed E-state index contributed by atoms with van der Waals surface area (Å²) in [6.45, 7) is 1.75. The Hall–Kier alpha value is -2.49. The minimum Gasteiger partial charge on any atom is -0.348 e. The minimum atomic E-state index is -4.10.